The first kappa shape index (κ1) is 15.0. The zero-order valence-corrected chi connectivity index (χ0v) is 13.4. The maximum atomic E-state index is 12.6. The number of carbonyl (C=O) groups is 1. The SMILES string of the molecule is CCC1CN(C(=O)c2cc(C)cc(Br)c2)CC/C1=N\O. The lowest BCUT2D eigenvalue weighted by molar-refractivity contribution is 0.0729. The molecule has 108 valence electrons. The van der Waals surface area contributed by atoms with Crippen LogP contribution >= 0.6 is 15.9 Å². The largest absolute Gasteiger partial charge is 0.411 e. The number of hydrogen-bond donors (Lipinski definition) is 1. The molecule has 20 heavy (non-hydrogen) atoms. The smallest absolute Gasteiger partial charge is 0.253 e. The normalized spacial score (nSPS) is 21.2. The van der Waals surface area contributed by atoms with Crippen molar-refractivity contribution in [3.05, 3.63) is 33.8 Å². The molecule has 0 spiro atoms. The summed E-state index contributed by atoms with van der Waals surface area (Å²) in [6.07, 6.45) is 1.52. The monoisotopic (exact) mass is 338 g/mol. The van der Waals surface area contributed by atoms with Gasteiger partial charge < -0.3 is 10.1 Å². The number of halogens is 1. The Kier molecular flexibility index (Phi) is 4.81. The summed E-state index contributed by atoms with van der Waals surface area (Å²) in [6.45, 7) is 5.26. The molecule has 0 radical (unpaired) electrons. The highest BCUT2D eigenvalue weighted by atomic mass is 79.9. The number of rotatable bonds is 2. The highest BCUT2D eigenvalue weighted by Gasteiger charge is 2.28. The van der Waals surface area contributed by atoms with Crippen LogP contribution in [0.15, 0.2) is 27.8 Å². The average molecular weight is 339 g/mol. The summed E-state index contributed by atoms with van der Waals surface area (Å²) in [5.41, 5.74) is 2.57. The molecule has 4 nitrogen and oxygen atoms in total. The van der Waals surface area contributed by atoms with E-state index in [4.69, 9.17) is 5.21 Å². The van der Waals surface area contributed by atoms with E-state index in [-0.39, 0.29) is 11.8 Å². The van der Waals surface area contributed by atoms with Crippen molar-refractivity contribution in [1.29, 1.82) is 0 Å². The van der Waals surface area contributed by atoms with Crippen molar-refractivity contribution in [2.75, 3.05) is 13.1 Å². The fourth-order valence-electron chi connectivity index (χ4n) is 2.64. The molecule has 0 aromatic heterocycles. The maximum Gasteiger partial charge on any atom is 0.253 e. The number of likely N-dealkylation sites (tertiary alicyclic amines) is 1. The number of benzene rings is 1. The van der Waals surface area contributed by atoms with Gasteiger partial charge in [0.2, 0.25) is 0 Å². The number of piperidine rings is 1. The van der Waals surface area contributed by atoms with Gasteiger partial charge in [0.25, 0.3) is 5.91 Å². The summed E-state index contributed by atoms with van der Waals surface area (Å²) in [4.78, 5) is 14.4. The standard InChI is InChI=1S/C15H19BrN2O2/c1-3-11-9-18(5-4-14(11)17-20)15(19)12-6-10(2)7-13(16)8-12/h6-8,11,20H,3-5,9H2,1-2H3/b17-14+. The van der Waals surface area contributed by atoms with Crippen molar-refractivity contribution in [3.8, 4) is 0 Å². The molecule has 1 fully saturated rings. The summed E-state index contributed by atoms with van der Waals surface area (Å²) >= 11 is 3.43. The van der Waals surface area contributed by atoms with Gasteiger partial charge in [0.1, 0.15) is 0 Å². The Morgan fingerprint density at radius 3 is 2.85 bits per heavy atom. The van der Waals surface area contributed by atoms with E-state index in [0.717, 1.165) is 22.2 Å². The molecular formula is C15H19BrN2O2. The third-order valence-electron chi connectivity index (χ3n) is 3.75. The van der Waals surface area contributed by atoms with Crippen molar-refractivity contribution < 1.29 is 10.0 Å². The molecule has 1 unspecified atom stereocenters. The van der Waals surface area contributed by atoms with E-state index in [1.54, 1.807) is 0 Å². The van der Waals surface area contributed by atoms with Gasteiger partial charge in [0.15, 0.2) is 0 Å². The quantitative estimate of drug-likeness (QED) is 0.663. The number of nitrogens with zero attached hydrogens (tertiary/aromatic N) is 2. The number of carbonyl (C=O) groups excluding carboxylic acids is 1. The summed E-state index contributed by atoms with van der Waals surface area (Å²) in [5, 5.41) is 12.4. The highest BCUT2D eigenvalue weighted by Crippen LogP contribution is 2.21. The Hall–Kier alpha value is -1.36. The lowest BCUT2D eigenvalue weighted by Gasteiger charge is -2.33. The van der Waals surface area contributed by atoms with E-state index in [2.05, 4.69) is 21.1 Å². The molecule has 5 heteroatoms. The molecule has 0 saturated carbocycles. The third kappa shape index (κ3) is 3.20. The zero-order valence-electron chi connectivity index (χ0n) is 11.8. The van der Waals surface area contributed by atoms with Gasteiger partial charge in [-0.25, -0.2) is 0 Å². The van der Waals surface area contributed by atoms with E-state index >= 15 is 0 Å². The van der Waals surface area contributed by atoms with Gasteiger partial charge in [0, 0.05) is 35.5 Å². The summed E-state index contributed by atoms with van der Waals surface area (Å²) in [7, 11) is 0. The van der Waals surface area contributed by atoms with E-state index in [0.29, 0.717) is 25.1 Å². The van der Waals surface area contributed by atoms with Crippen LogP contribution in [0, 0.1) is 12.8 Å². The molecule has 0 aliphatic carbocycles. The minimum Gasteiger partial charge on any atom is -0.411 e. The second kappa shape index (κ2) is 6.39. The summed E-state index contributed by atoms with van der Waals surface area (Å²) < 4.78 is 0.919. The topological polar surface area (TPSA) is 52.9 Å². The number of aryl methyl sites for hydroxylation is 1. The van der Waals surface area contributed by atoms with Gasteiger partial charge in [-0.3, -0.25) is 4.79 Å². The van der Waals surface area contributed by atoms with Gasteiger partial charge in [-0.15, -0.1) is 0 Å². The molecule has 1 N–H and O–H groups in total. The predicted molar refractivity (Wildman–Crippen MR) is 82.4 cm³/mol. The Balaban J connectivity index is 2.17. The van der Waals surface area contributed by atoms with Crippen LogP contribution in [-0.2, 0) is 0 Å². The van der Waals surface area contributed by atoms with E-state index < -0.39 is 0 Å². The number of hydrogen-bond acceptors (Lipinski definition) is 3. The molecule has 1 saturated heterocycles. The second-order valence-corrected chi connectivity index (χ2v) is 6.13. The molecule has 1 aromatic rings. The van der Waals surface area contributed by atoms with Crippen molar-refractivity contribution >= 4 is 27.5 Å². The molecule has 2 rings (SSSR count). The molecule has 1 aliphatic rings. The minimum absolute atomic E-state index is 0.0461. The summed E-state index contributed by atoms with van der Waals surface area (Å²) in [5.74, 6) is 0.204. The fraction of sp³-hybridized carbons (Fsp3) is 0.467. The van der Waals surface area contributed by atoms with Crippen LogP contribution in [0.4, 0.5) is 0 Å². The van der Waals surface area contributed by atoms with Crippen LogP contribution in [0.5, 0.6) is 0 Å². The third-order valence-corrected chi connectivity index (χ3v) is 4.21. The van der Waals surface area contributed by atoms with Crippen molar-refractivity contribution in [2.45, 2.75) is 26.7 Å². The molecule has 1 aromatic carbocycles. The van der Waals surface area contributed by atoms with Crippen LogP contribution in [0.3, 0.4) is 0 Å². The van der Waals surface area contributed by atoms with Crippen LogP contribution in [0.2, 0.25) is 0 Å². The average Bonchev–Trinajstić information content (AvgIpc) is 2.44. The van der Waals surface area contributed by atoms with Gasteiger partial charge >= 0.3 is 0 Å². The van der Waals surface area contributed by atoms with Crippen molar-refractivity contribution in [1.82, 2.24) is 4.90 Å². The first-order valence-corrected chi connectivity index (χ1v) is 7.61. The lowest BCUT2D eigenvalue weighted by atomic mass is 9.93. The molecular weight excluding hydrogens is 320 g/mol. The van der Waals surface area contributed by atoms with Gasteiger partial charge in [-0.2, -0.15) is 0 Å². The lowest BCUT2D eigenvalue weighted by Crippen LogP contribution is -2.44. The molecule has 1 amide bonds. The van der Waals surface area contributed by atoms with E-state index in [1.807, 2.05) is 36.9 Å². The van der Waals surface area contributed by atoms with Gasteiger partial charge in [-0.1, -0.05) is 28.0 Å². The number of amides is 1. The Labute approximate surface area is 127 Å². The Morgan fingerprint density at radius 1 is 1.50 bits per heavy atom. The van der Waals surface area contributed by atoms with Crippen LogP contribution in [0.1, 0.15) is 35.7 Å². The summed E-state index contributed by atoms with van der Waals surface area (Å²) in [6, 6.07) is 5.74. The molecule has 0 bridgehead atoms. The zero-order chi connectivity index (χ0) is 14.7. The maximum absolute atomic E-state index is 12.6. The fourth-order valence-corrected chi connectivity index (χ4v) is 3.25. The van der Waals surface area contributed by atoms with Crippen LogP contribution < -0.4 is 0 Å². The van der Waals surface area contributed by atoms with Crippen LogP contribution in [-0.4, -0.2) is 34.8 Å². The molecule has 1 heterocycles. The van der Waals surface area contributed by atoms with Gasteiger partial charge in [-0.05, 0) is 37.1 Å². The Morgan fingerprint density at radius 2 is 2.25 bits per heavy atom. The Bertz CT molecular complexity index is 522. The second-order valence-electron chi connectivity index (χ2n) is 5.21. The molecule has 1 atom stereocenters. The van der Waals surface area contributed by atoms with Crippen molar-refractivity contribution in [2.24, 2.45) is 11.1 Å². The van der Waals surface area contributed by atoms with Crippen LogP contribution in [0.25, 0.3) is 0 Å². The van der Waals surface area contributed by atoms with E-state index in [1.165, 1.54) is 0 Å². The van der Waals surface area contributed by atoms with Gasteiger partial charge in [0.05, 0.1) is 5.71 Å². The van der Waals surface area contributed by atoms with Crippen molar-refractivity contribution in [3.63, 3.8) is 0 Å². The number of oxime groups is 1. The minimum atomic E-state index is 0.0461. The first-order chi connectivity index (χ1) is 9.55. The van der Waals surface area contributed by atoms with E-state index in [9.17, 15) is 4.79 Å². The first-order valence-electron chi connectivity index (χ1n) is 6.82. The highest BCUT2D eigenvalue weighted by molar-refractivity contribution is 9.10. The predicted octanol–water partition coefficient (Wildman–Crippen LogP) is 3.46. The molecule has 1 aliphatic heterocycles.